The first-order valence-corrected chi connectivity index (χ1v) is 1.40. The Morgan fingerprint density at radius 1 is 1.67 bits per heavy atom. The van der Waals surface area contributed by atoms with Crippen LogP contribution in [0.15, 0.2) is 10.2 Å². The molecule has 0 amide bonds. The van der Waals surface area contributed by atoms with Crippen LogP contribution in [0.5, 0.6) is 0 Å². The normalized spacial score (nSPS) is 8.67. The van der Waals surface area contributed by atoms with Crippen molar-refractivity contribution >= 4 is 19.1 Å². The second kappa shape index (κ2) is 4.01. The lowest BCUT2D eigenvalue weighted by molar-refractivity contribution is 1.29. The molecular weight excluding hydrogens is 78.1 g/mol. The van der Waals surface area contributed by atoms with Crippen LogP contribution in [-0.4, -0.2) is 19.1 Å². The van der Waals surface area contributed by atoms with Gasteiger partial charge in [0.2, 0.25) is 0 Å². The zero-order valence-electron chi connectivity index (χ0n) is 3.26. The van der Waals surface area contributed by atoms with Gasteiger partial charge >= 0.3 is 0 Å². The molecule has 0 saturated carbocycles. The van der Waals surface area contributed by atoms with Crippen molar-refractivity contribution in [3.63, 3.8) is 0 Å². The molecule has 3 heteroatoms. The fourth-order valence-electron chi connectivity index (χ4n) is 0.0805. The molecular formula is C3H5N3. The maximum Gasteiger partial charge on any atom is 0.0671 e. The molecule has 0 aromatic heterocycles. The summed E-state index contributed by atoms with van der Waals surface area (Å²) in [7, 11) is 0. The fourth-order valence-corrected chi connectivity index (χ4v) is 0.0805. The molecule has 3 nitrogen and oxygen atoms in total. The Balaban J connectivity index is 3.17. The predicted octanol–water partition coefficient (Wildman–Crippen LogP) is 0.322. The SMILES string of the molecule is C=N/N=C\C=N. The predicted molar refractivity (Wildman–Crippen MR) is 26.8 cm³/mol. The van der Waals surface area contributed by atoms with Crippen molar-refractivity contribution in [3.05, 3.63) is 0 Å². The molecule has 0 unspecified atom stereocenters. The van der Waals surface area contributed by atoms with Crippen LogP contribution in [0.1, 0.15) is 0 Å². The van der Waals surface area contributed by atoms with E-state index in [2.05, 4.69) is 16.9 Å². The molecule has 0 aliphatic carbocycles. The van der Waals surface area contributed by atoms with Gasteiger partial charge in [-0.1, -0.05) is 0 Å². The second-order valence-corrected chi connectivity index (χ2v) is 0.573. The molecule has 0 saturated heterocycles. The van der Waals surface area contributed by atoms with Gasteiger partial charge < -0.3 is 5.41 Å². The Labute approximate surface area is 35.9 Å². The molecule has 0 aliphatic heterocycles. The van der Waals surface area contributed by atoms with Crippen molar-refractivity contribution in [1.29, 1.82) is 5.41 Å². The molecule has 0 aliphatic rings. The molecule has 0 radical (unpaired) electrons. The summed E-state index contributed by atoms with van der Waals surface area (Å²) in [5, 5.41) is 12.7. The van der Waals surface area contributed by atoms with Crippen molar-refractivity contribution in [1.82, 2.24) is 0 Å². The molecule has 0 aromatic carbocycles. The monoisotopic (exact) mass is 83.0 g/mol. The van der Waals surface area contributed by atoms with Gasteiger partial charge in [0.05, 0.1) is 6.21 Å². The first kappa shape index (κ1) is 5.01. The van der Waals surface area contributed by atoms with Gasteiger partial charge in [0.15, 0.2) is 0 Å². The largest absolute Gasteiger partial charge is 0.307 e. The van der Waals surface area contributed by atoms with E-state index in [0.717, 1.165) is 6.21 Å². The lowest BCUT2D eigenvalue weighted by atomic mass is 10.8. The summed E-state index contributed by atoms with van der Waals surface area (Å²) in [5.41, 5.74) is 0. The molecule has 0 fully saturated rings. The van der Waals surface area contributed by atoms with E-state index in [0.29, 0.717) is 0 Å². The number of rotatable bonds is 2. The summed E-state index contributed by atoms with van der Waals surface area (Å²) in [4.78, 5) is 0. The molecule has 6 heavy (non-hydrogen) atoms. The highest BCUT2D eigenvalue weighted by Gasteiger charge is 1.49. The average Bonchev–Trinajstić information content (AvgIpc) is 1.61. The minimum absolute atomic E-state index is 1.04. The van der Waals surface area contributed by atoms with Crippen LogP contribution in [0, 0.1) is 5.41 Å². The lowest BCUT2D eigenvalue weighted by Crippen LogP contribution is -1.64. The number of nitrogens with one attached hydrogen (secondary N) is 1. The quantitative estimate of drug-likeness (QED) is 0.369. The van der Waals surface area contributed by atoms with Crippen LogP contribution in [0.2, 0.25) is 0 Å². The lowest BCUT2D eigenvalue weighted by Gasteiger charge is -1.61. The first-order valence-electron chi connectivity index (χ1n) is 1.40. The van der Waals surface area contributed by atoms with Crippen LogP contribution in [0.25, 0.3) is 0 Å². The number of hydrogen-bond acceptors (Lipinski definition) is 3. The summed E-state index contributed by atoms with van der Waals surface area (Å²) >= 11 is 0. The zero-order chi connectivity index (χ0) is 4.83. The van der Waals surface area contributed by atoms with Gasteiger partial charge in [-0.05, 0) is 0 Å². The van der Waals surface area contributed by atoms with Crippen LogP contribution >= 0.6 is 0 Å². The van der Waals surface area contributed by atoms with Gasteiger partial charge in [-0.3, -0.25) is 0 Å². The maximum absolute atomic E-state index is 6.34. The van der Waals surface area contributed by atoms with Gasteiger partial charge in [0, 0.05) is 12.9 Å². The van der Waals surface area contributed by atoms with Gasteiger partial charge in [0.25, 0.3) is 0 Å². The molecule has 0 aromatic rings. The highest BCUT2D eigenvalue weighted by atomic mass is 15.2. The molecule has 32 valence electrons. The summed E-state index contributed by atoms with van der Waals surface area (Å²) in [6.45, 7) is 3.05. The smallest absolute Gasteiger partial charge is 0.0671 e. The topological polar surface area (TPSA) is 48.6 Å². The molecule has 0 bridgehead atoms. The highest BCUT2D eigenvalue weighted by Crippen LogP contribution is 1.54. The van der Waals surface area contributed by atoms with E-state index in [1.807, 2.05) is 0 Å². The Hall–Kier alpha value is -0.990. The third kappa shape index (κ3) is 3.01. The van der Waals surface area contributed by atoms with E-state index < -0.39 is 0 Å². The van der Waals surface area contributed by atoms with Crippen molar-refractivity contribution in [2.45, 2.75) is 0 Å². The van der Waals surface area contributed by atoms with E-state index in [-0.39, 0.29) is 0 Å². The third-order valence-corrected chi connectivity index (χ3v) is 0.223. The van der Waals surface area contributed by atoms with Crippen LogP contribution < -0.4 is 0 Å². The zero-order valence-corrected chi connectivity index (χ0v) is 3.26. The Morgan fingerprint density at radius 2 is 2.33 bits per heavy atom. The van der Waals surface area contributed by atoms with Gasteiger partial charge in [-0.25, -0.2) is 0 Å². The third-order valence-electron chi connectivity index (χ3n) is 0.223. The van der Waals surface area contributed by atoms with Crippen LogP contribution in [0.4, 0.5) is 0 Å². The van der Waals surface area contributed by atoms with Crippen molar-refractivity contribution in [2.24, 2.45) is 10.2 Å². The second-order valence-electron chi connectivity index (χ2n) is 0.573. The Bertz CT molecular complexity index is 64.1. The van der Waals surface area contributed by atoms with Crippen molar-refractivity contribution in [2.75, 3.05) is 0 Å². The number of hydrogen-bond donors (Lipinski definition) is 1. The summed E-state index contributed by atoms with van der Waals surface area (Å²) < 4.78 is 0. The van der Waals surface area contributed by atoms with Crippen LogP contribution in [-0.2, 0) is 0 Å². The minimum Gasteiger partial charge on any atom is -0.307 e. The van der Waals surface area contributed by atoms with E-state index in [9.17, 15) is 0 Å². The van der Waals surface area contributed by atoms with E-state index in [1.165, 1.54) is 6.21 Å². The molecule has 0 rings (SSSR count). The first-order chi connectivity index (χ1) is 2.91. The maximum atomic E-state index is 6.34. The van der Waals surface area contributed by atoms with Crippen molar-refractivity contribution < 1.29 is 0 Å². The summed E-state index contributed by atoms with van der Waals surface area (Å²) in [6, 6.07) is 0. The molecule has 0 atom stereocenters. The average molecular weight is 83.1 g/mol. The summed E-state index contributed by atoms with van der Waals surface area (Å²) in [5.74, 6) is 0. The Kier molecular flexibility index (Phi) is 3.35. The Morgan fingerprint density at radius 3 is 2.50 bits per heavy atom. The minimum atomic E-state index is 1.04. The highest BCUT2D eigenvalue weighted by molar-refractivity contribution is 6.14. The fraction of sp³-hybridized carbons (Fsp3) is 0. The standard InChI is InChI=1S/C3H5N3/c1-5-6-3-2-4/h2-4H,1H2/b4-2?,6-3-. The molecule has 0 heterocycles. The van der Waals surface area contributed by atoms with Crippen molar-refractivity contribution in [3.8, 4) is 0 Å². The van der Waals surface area contributed by atoms with Gasteiger partial charge in [-0.2, -0.15) is 10.2 Å². The summed E-state index contributed by atoms with van der Waals surface area (Å²) in [6.07, 6.45) is 2.28. The van der Waals surface area contributed by atoms with E-state index in [1.54, 1.807) is 0 Å². The van der Waals surface area contributed by atoms with E-state index >= 15 is 0 Å². The molecule has 1 N–H and O–H groups in total. The van der Waals surface area contributed by atoms with Crippen LogP contribution in [0.3, 0.4) is 0 Å². The van der Waals surface area contributed by atoms with E-state index in [4.69, 9.17) is 5.41 Å². The van der Waals surface area contributed by atoms with Gasteiger partial charge in [0.1, 0.15) is 0 Å². The van der Waals surface area contributed by atoms with Gasteiger partial charge in [-0.15, -0.1) is 0 Å². The molecule has 0 spiro atoms. The number of nitrogens with zero attached hydrogens (tertiary/aromatic N) is 2.